The zero-order valence-electron chi connectivity index (χ0n) is 19.0. The number of fused-ring (bicyclic) bond motifs is 1. The van der Waals surface area contributed by atoms with E-state index in [9.17, 15) is 9.18 Å². The summed E-state index contributed by atoms with van der Waals surface area (Å²) in [5.74, 6) is -0.972. The zero-order valence-corrected chi connectivity index (χ0v) is 19.0. The number of nitrogens with one attached hydrogen (secondary N) is 1. The molecule has 0 bridgehead atoms. The van der Waals surface area contributed by atoms with Crippen LogP contribution in [-0.4, -0.2) is 75.6 Å². The number of rotatable bonds is 5. The van der Waals surface area contributed by atoms with E-state index < -0.39 is 11.6 Å². The van der Waals surface area contributed by atoms with Crippen molar-refractivity contribution in [2.45, 2.75) is 25.3 Å². The Labute approximate surface area is 200 Å². The fourth-order valence-electron chi connectivity index (χ4n) is 4.44. The van der Waals surface area contributed by atoms with Crippen LogP contribution in [0.1, 0.15) is 19.3 Å². The molecule has 2 saturated heterocycles. The van der Waals surface area contributed by atoms with E-state index in [2.05, 4.69) is 20.3 Å². The first-order chi connectivity index (χ1) is 17.0. The van der Waals surface area contributed by atoms with Gasteiger partial charge in [-0.25, -0.2) is 19.3 Å². The van der Waals surface area contributed by atoms with Gasteiger partial charge < -0.3 is 19.9 Å². The number of aromatic nitrogens is 4. The summed E-state index contributed by atoms with van der Waals surface area (Å²) in [6.45, 7) is 2.72. The number of carbonyl (C=O) groups is 1. The Hall–Kier alpha value is -3.85. The van der Waals surface area contributed by atoms with Gasteiger partial charge in [0.2, 0.25) is 11.7 Å². The second-order valence-electron chi connectivity index (χ2n) is 8.51. The lowest BCUT2D eigenvalue weighted by atomic mass is 10.1. The third-order valence-corrected chi connectivity index (χ3v) is 6.19. The van der Waals surface area contributed by atoms with Crippen LogP contribution in [0.3, 0.4) is 0 Å². The number of nitriles is 1. The highest BCUT2D eigenvalue weighted by molar-refractivity contribution is 5.78. The molecule has 5 rings (SSSR count). The molecule has 0 aromatic carbocycles. The number of halogens is 2. The van der Waals surface area contributed by atoms with E-state index in [1.54, 1.807) is 15.9 Å². The maximum atomic E-state index is 15.7. The number of pyridine rings is 1. The van der Waals surface area contributed by atoms with E-state index in [1.165, 1.54) is 22.9 Å². The van der Waals surface area contributed by atoms with E-state index in [-0.39, 0.29) is 35.8 Å². The highest BCUT2D eigenvalue weighted by atomic mass is 19.1. The van der Waals surface area contributed by atoms with Crippen molar-refractivity contribution in [2.24, 2.45) is 0 Å². The molecule has 2 aliphatic rings. The molecule has 35 heavy (non-hydrogen) atoms. The van der Waals surface area contributed by atoms with Crippen LogP contribution in [0, 0.1) is 23.0 Å². The Bertz CT molecular complexity index is 1280. The first-order valence-corrected chi connectivity index (χ1v) is 11.5. The summed E-state index contributed by atoms with van der Waals surface area (Å²) in [5.41, 5.74) is 0.933. The van der Waals surface area contributed by atoms with Crippen molar-refractivity contribution in [2.75, 3.05) is 49.6 Å². The van der Waals surface area contributed by atoms with E-state index in [0.29, 0.717) is 57.2 Å². The molecule has 2 aliphatic heterocycles. The van der Waals surface area contributed by atoms with Gasteiger partial charge in [-0.3, -0.25) is 9.20 Å². The molecule has 0 radical (unpaired) electrons. The Morgan fingerprint density at radius 3 is 2.86 bits per heavy atom. The first-order valence-electron chi connectivity index (χ1n) is 11.5. The lowest BCUT2D eigenvalue weighted by Gasteiger charge is -2.33. The van der Waals surface area contributed by atoms with Crippen LogP contribution < -0.4 is 10.2 Å². The molecule has 1 N–H and O–H groups in total. The van der Waals surface area contributed by atoms with Gasteiger partial charge in [-0.05, 0) is 25.0 Å². The largest absolute Gasteiger partial charge is 0.378 e. The maximum absolute atomic E-state index is 15.7. The minimum Gasteiger partial charge on any atom is -0.378 e. The quantitative estimate of drug-likeness (QED) is 0.589. The van der Waals surface area contributed by atoms with Gasteiger partial charge in [0, 0.05) is 38.4 Å². The van der Waals surface area contributed by atoms with Crippen molar-refractivity contribution in [1.29, 1.82) is 5.26 Å². The molecule has 182 valence electrons. The predicted octanol–water partition coefficient (Wildman–Crippen LogP) is 2.22. The van der Waals surface area contributed by atoms with Gasteiger partial charge in [-0.2, -0.15) is 9.65 Å². The monoisotopic (exact) mass is 482 g/mol. The second-order valence-corrected chi connectivity index (χ2v) is 8.51. The number of anilines is 2. The number of nitrogens with zero attached hydrogens (tertiary/aromatic N) is 7. The molecule has 1 unspecified atom stereocenters. The highest BCUT2D eigenvalue weighted by Gasteiger charge is 2.28. The number of morpholine rings is 1. The van der Waals surface area contributed by atoms with Gasteiger partial charge in [0.05, 0.1) is 25.5 Å². The zero-order chi connectivity index (χ0) is 24.4. The third kappa shape index (κ3) is 4.72. The molecule has 0 saturated carbocycles. The van der Waals surface area contributed by atoms with Crippen molar-refractivity contribution in [3.05, 3.63) is 36.2 Å². The topological polar surface area (TPSA) is 112 Å². The molecule has 0 spiro atoms. The van der Waals surface area contributed by atoms with Gasteiger partial charge in [-0.15, -0.1) is 0 Å². The van der Waals surface area contributed by atoms with Crippen molar-refractivity contribution >= 4 is 23.2 Å². The Morgan fingerprint density at radius 1 is 1.23 bits per heavy atom. The third-order valence-electron chi connectivity index (χ3n) is 6.19. The Kier molecular flexibility index (Phi) is 6.41. The number of imidazole rings is 1. The fraction of sp³-hybridized carbons (Fsp3) is 0.435. The van der Waals surface area contributed by atoms with E-state index >= 15 is 4.39 Å². The van der Waals surface area contributed by atoms with Gasteiger partial charge >= 0.3 is 0 Å². The number of hydrogen-bond donors (Lipinski definition) is 1. The van der Waals surface area contributed by atoms with Crippen LogP contribution in [0.2, 0.25) is 0 Å². The standard InChI is InChI=1S/C23H24F2N8O2/c24-15-3-4-18-27-12-17(33(18)13-15)21-29-22(20(25)23(30-21)31-8-10-35-11-9-31)28-16-2-1-7-32(14-16)19(34)5-6-26/h3-4,12-13,16H,1-2,5,7-11,14H2,(H,28,29,30). The SMILES string of the molecule is N#CCC(=O)N1CCCC(Nc2nc(-c3cnc4ccc(F)cn34)nc(N3CCOCC3)c2F)C1. The number of hydrogen-bond acceptors (Lipinski definition) is 8. The molecule has 5 heterocycles. The summed E-state index contributed by atoms with van der Waals surface area (Å²) in [6.07, 6.45) is 4.05. The van der Waals surface area contributed by atoms with Crippen molar-refractivity contribution < 1.29 is 18.3 Å². The average Bonchev–Trinajstić information content (AvgIpc) is 3.29. The number of ether oxygens (including phenoxy) is 1. The highest BCUT2D eigenvalue weighted by Crippen LogP contribution is 2.29. The minimum absolute atomic E-state index is 0.00225. The van der Waals surface area contributed by atoms with Gasteiger partial charge in [0.15, 0.2) is 17.5 Å². The van der Waals surface area contributed by atoms with Gasteiger partial charge in [-0.1, -0.05) is 0 Å². The Morgan fingerprint density at radius 2 is 2.06 bits per heavy atom. The molecule has 1 amide bonds. The fourth-order valence-corrected chi connectivity index (χ4v) is 4.44. The second kappa shape index (κ2) is 9.79. The average molecular weight is 482 g/mol. The molecule has 2 fully saturated rings. The van der Waals surface area contributed by atoms with E-state index in [0.717, 1.165) is 6.42 Å². The van der Waals surface area contributed by atoms with Crippen LogP contribution in [-0.2, 0) is 9.53 Å². The van der Waals surface area contributed by atoms with Gasteiger partial charge in [0.25, 0.3) is 0 Å². The van der Waals surface area contributed by atoms with Crippen molar-refractivity contribution in [3.8, 4) is 17.6 Å². The summed E-state index contributed by atoms with van der Waals surface area (Å²) in [7, 11) is 0. The van der Waals surface area contributed by atoms with E-state index in [4.69, 9.17) is 10.00 Å². The summed E-state index contributed by atoms with van der Waals surface area (Å²) < 4.78 is 36.6. The Balaban J connectivity index is 1.52. The van der Waals surface area contributed by atoms with Crippen molar-refractivity contribution in [3.63, 3.8) is 0 Å². The summed E-state index contributed by atoms with van der Waals surface area (Å²) in [5, 5.41) is 12.0. The molecule has 1 atom stereocenters. The first kappa shape index (κ1) is 22.9. The molecule has 10 nitrogen and oxygen atoms in total. The molecular formula is C23H24F2N8O2. The lowest BCUT2D eigenvalue weighted by molar-refractivity contribution is -0.131. The summed E-state index contributed by atoms with van der Waals surface area (Å²) in [6, 6.07) is 4.48. The predicted molar refractivity (Wildman–Crippen MR) is 123 cm³/mol. The van der Waals surface area contributed by atoms with Crippen LogP contribution in [0.25, 0.3) is 17.2 Å². The normalized spacial score (nSPS) is 18.5. The lowest BCUT2D eigenvalue weighted by Crippen LogP contribution is -2.45. The molecule has 3 aromatic heterocycles. The maximum Gasteiger partial charge on any atom is 0.236 e. The van der Waals surface area contributed by atoms with E-state index in [1.807, 2.05) is 6.07 Å². The molecule has 0 aliphatic carbocycles. The molecule has 12 heteroatoms. The van der Waals surface area contributed by atoms with Crippen molar-refractivity contribution in [1.82, 2.24) is 24.3 Å². The van der Waals surface area contributed by atoms with Crippen LogP contribution >= 0.6 is 0 Å². The summed E-state index contributed by atoms with van der Waals surface area (Å²) in [4.78, 5) is 28.9. The summed E-state index contributed by atoms with van der Waals surface area (Å²) >= 11 is 0. The molecule has 3 aromatic rings. The smallest absolute Gasteiger partial charge is 0.236 e. The number of amides is 1. The van der Waals surface area contributed by atoms with Crippen LogP contribution in [0.5, 0.6) is 0 Å². The number of piperidine rings is 1. The van der Waals surface area contributed by atoms with Gasteiger partial charge in [0.1, 0.15) is 23.6 Å². The minimum atomic E-state index is -0.601. The molecular weight excluding hydrogens is 458 g/mol. The van der Waals surface area contributed by atoms with Crippen LogP contribution in [0.4, 0.5) is 20.4 Å². The number of likely N-dealkylation sites (tertiary alicyclic amines) is 1. The van der Waals surface area contributed by atoms with Crippen LogP contribution in [0.15, 0.2) is 24.5 Å². The number of carbonyl (C=O) groups excluding carboxylic acids is 1.